The van der Waals surface area contributed by atoms with Gasteiger partial charge in [0.25, 0.3) is 0 Å². The number of ether oxygens (including phenoxy) is 1. The molecule has 0 radical (unpaired) electrons. The number of hydrogen-bond donors (Lipinski definition) is 1. The summed E-state index contributed by atoms with van der Waals surface area (Å²) in [5.74, 6) is 1.67. The second kappa shape index (κ2) is 4.81. The summed E-state index contributed by atoms with van der Waals surface area (Å²) in [5, 5.41) is 0. The average Bonchev–Trinajstić information content (AvgIpc) is 2.31. The van der Waals surface area contributed by atoms with Crippen molar-refractivity contribution < 1.29 is 4.74 Å². The van der Waals surface area contributed by atoms with Gasteiger partial charge in [-0.1, -0.05) is 30.3 Å². The van der Waals surface area contributed by atoms with E-state index in [0.29, 0.717) is 0 Å². The Morgan fingerprint density at radius 2 is 1.44 bits per heavy atom. The van der Waals surface area contributed by atoms with Crippen molar-refractivity contribution in [2.45, 2.75) is 13.0 Å². The molecule has 0 amide bonds. The van der Waals surface area contributed by atoms with Crippen molar-refractivity contribution >= 4 is 0 Å². The topological polar surface area (TPSA) is 35.2 Å². The van der Waals surface area contributed by atoms with E-state index in [-0.39, 0.29) is 6.04 Å². The smallest absolute Gasteiger partial charge is 0.127 e. The third-order valence-corrected chi connectivity index (χ3v) is 2.38. The summed E-state index contributed by atoms with van der Waals surface area (Å²) in [4.78, 5) is 0. The van der Waals surface area contributed by atoms with Crippen LogP contribution < -0.4 is 10.5 Å². The summed E-state index contributed by atoms with van der Waals surface area (Å²) in [6.45, 7) is 1.97. The van der Waals surface area contributed by atoms with E-state index in [1.807, 2.05) is 61.5 Å². The lowest BCUT2D eigenvalue weighted by molar-refractivity contribution is 0.482. The minimum Gasteiger partial charge on any atom is -0.457 e. The quantitative estimate of drug-likeness (QED) is 0.846. The molecule has 0 spiro atoms. The Labute approximate surface area is 95.7 Å². The highest BCUT2D eigenvalue weighted by Crippen LogP contribution is 2.22. The predicted octanol–water partition coefficient (Wildman–Crippen LogP) is 3.50. The molecule has 2 rings (SSSR count). The predicted molar refractivity (Wildman–Crippen MR) is 65.6 cm³/mol. The van der Waals surface area contributed by atoms with Crippen molar-refractivity contribution in [3.8, 4) is 11.5 Å². The molecule has 0 heterocycles. The van der Waals surface area contributed by atoms with Gasteiger partial charge in [0.05, 0.1) is 0 Å². The highest BCUT2D eigenvalue weighted by molar-refractivity contribution is 5.33. The normalized spacial score (nSPS) is 12.1. The Hall–Kier alpha value is -1.80. The summed E-state index contributed by atoms with van der Waals surface area (Å²) in [7, 11) is 0. The Balaban J connectivity index is 2.11. The van der Waals surface area contributed by atoms with Crippen molar-refractivity contribution in [3.63, 3.8) is 0 Å². The van der Waals surface area contributed by atoms with E-state index in [1.54, 1.807) is 0 Å². The van der Waals surface area contributed by atoms with Crippen molar-refractivity contribution in [2.24, 2.45) is 5.73 Å². The van der Waals surface area contributed by atoms with Crippen molar-refractivity contribution in [1.82, 2.24) is 0 Å². The molecule has 82 valence electrons. The van der Waals surface area contributed by atoms with Gasteiger partial charge in [0.2, 0.25) is 0 Å². The maximum absolute atomic E-state index is 5.78. The summed E-state index contributed by atoms with van der Waals surface area (Å²) in [5.41, 5.74) is 6.89. The van der Waals surface area contributed by atoms with E-state index >= 15 is 0 Å². The van der Waals surface area contributed by atoms with Gasteiger partial charge in [-0.15, -0.1) is 0 Å². The van der Waals surface area contributed by atoms with Gasteiger partial charge in [-0.25, -0.2) is 0 Å². The number of rotatable bonds is 3. The van der Waals surface area contributed by atoms with E-state index in [1.165, 1.54) is 0 Å². The highest BCUT2D eigenvalue weighted by atomic mass is 16.5. The molecule has 2 aromatic carbocycles. The van der Waals surface area contributed by atoms with E-state index in [4.69, 9.17) is 10.5 Å². The fourth-order valence-electron chi connectivity index (χ4n) is 1.46. The zero-order valence-electron chi connectivity index (χ0n) is 9.26. The van der Waals surface area contributed by atoms with Gasteiger partial charge < -0.3 is 10.5 Å². The molecule has 0 saturated heterocycles. The lowest BCUT2D eigenvalue weighted by Gasteiger charge is -2.08. The lowest BCUT2D eigenvalue weighted by Crippen LogP contribution is -2.04. The molecule has 0 unspecified atom stereocenters. The van der Waals surface area contributed by atoms with Crippen LogP contribution >= 0.6 is 0 Å². The minimum absolute atomic E-state index is 0.0609. The first-order valence-electron chi connectivity index (χ1n) is 5.34. The van der Waals surface area contributed by atoms with Crippen LogP contribution in [0.15, 0.2) is 54.6 Å². The molecule has 0 aliphatic carbocycles. The Bertz CT molecular complexity index is 434. The van der Waals surface area contributed by atoms with Gasteiger partial charge >= 0.3 is 0 Å². The Morgan fingerprint density at radius 3 is 2.00 bits per heavy atom. The molecule has 0 saturated carbocycles. The zero-order chi connectivity index (χ0) is 11.4. The van der Waals surface area contributed by atoms with Crippen LogP contribution in [-0.2, 0) is 0 Å². The summed E-state index contributed by atoms with van der Waals surface area (Å²) in [6.07, 6.45) is 0. The largest absolute Gasteiger partial charge is 0.457 e. The average molecular weight is 213 g/mol. The highest BCUT2D eigenvalue weighted by Gasteiger charge is 2.00. The second-order valence-corrected chi connectivity index (χ2v) is 3.77. The molecular formula is C14H15NO. The van der Waals surface area contributed by atoms with Gasteiger partial charge in [0.15, 0.2) is 0 Å². The summed E-state index contributed by atoms with van der Waals surface area (Å²) < 4.78 is 5.67. The lowest BCUT2D eigenvalue weighted by atomic mass is 10.1. The molecular weight excluding hydrogens is 198 g/mol. The van der Waals surface area contributed by atoms with Crippen molar-refractivity contribution in [2.75, 3.05) is 0 Å². The van der Waals surface area contributed by atoms with E-state index in [9.17, 15) is 0 Å². The first-order chi connectivity index (χ1) is 7.75. The van der Waals surface area contributed by atoms with Crippen LogP contribution in [0.5, 0.6) is 11.5 Å². The Kier molecular flexibility index (Phi) is 3.22. The van der Waals surface area contributed by atoms with Gasteiger partial charge in [-0.3, -0.25) is 0 Å². The molecule has 0 aliphatic rings. The Morgan fingerprint density at radius 1 is 0.875 bits per heavy atom. The molecule has 0 bridgehead atoms. The van der Waals surface area contributed by atoms with E-state index in [2.05, 4.69) is 0 Å². The first kappa shape index (κ1) is 10.7. The number of nitrogens with two attached hydrogens (primary N) is 1. The molecule has 16 heavy (non-hydrogen) atoms. The maximum atomic E-state index is 5.78. The molecule has 2 N–H and O–H groups in total. The number of para-hydroxylation sites is 1. The number of hydrogen-bond acceptors (Lipinski definition) is 2. The molecule has 0 aliphatic heterocycles. The monoisotopic (exact) mass is 213 g/mol. The van der Waals surface area contributed by atoms with Gasteiger partial charge in [0.1, 0.15) is 11.5 Å². The zero-order valence-corrected chi connectivity index (χ0v) is 9.26. The summed E-state index contributed by atoms with van der Waals surface area (Å²) >= 11 is 0. The van der Waals surface area contributed by atoms with Gasteiger partial charge in [-0.05, 0) is 36.8 Å². The van der Waals surface area contributed by atoms with Crippen LogP contribution in [0.4, 0.5) is 0 Å². The molecule has 0 aromatic heterocycles. The molecule has 1 atom stereocenters. The minimum atomic E-state index is 0.0609. The van der Waals surface area contributed by atoms with Crippen molar-refractivity contribution in [3.05, 3.63) is 60.2 Å². The van der Waals surface area contributed by atoms with E-state index < -0.39 is 0 Å². The summed E-state index contributed by atoms with van der Waals surface area (Å²) in [6, 6.07) is 17.6. The number of benzene rings is 2. The second-order valence-electron chi connectivity index (χ2n) is 3.77. The maximum Gasteiger partial charge on any atom is 0.127 e. The standard InChI is InChI=1S/C14H15NO/c1-11(15)12-7-9-14(10-8-12)16-13-5-3-2-4-6-13/h2-11H,15H2,1H3/t11-/m1/s1. The van der Waals surface area contributed by atoms with Gasteiger partial charge in [0, 0.05) is 6.04 Å². The van der Waals surface area contributed by atoms with Crippen LogP contribution in [0, 0.1) is 0 Å². The molecule has 2 nitrogen and oxygen atoms in total. The van der Waals surface area contributed by atoms with Crippen LogP contribution in [0.3, 0.4) is 0 Å². The van der Waals surface area contributed by atoms with Crippen LogP contribution in [0.25, 0.3) is 0 Å². The van der Waals surface area contributed by atoms with Crippen LogP contribution in [-0.4, -0.2) is 0 Å². The van der Waals surface area contributed by atoms with Crippen molar-refractivity contribution in [1.29, 1.82) is 0 Å². The third kappa shape index (κ3) is 2.61. The fourth-order valence-corrected chi connectivity index (χ4v) is 1.46. The molecule has 2 heteroatoms. The SMILES string of the molecule is C[C@@H](N)c1ccc(Oc2ccccc2)cc1. The van der Waals surface area contributed by atoms with Gasteiger partial charge in [-0.2, -0.15) is 0 Å². The van der Waals surface area contributed by atoms with E-state index in [0.717, 1.165) is 17.1 Å². The van der Waals surface area contributed by atoms with Crippen LogP contribution in [0.1, 0.15) is 18.5 Å². The molecule has 0 fully saturated rings. The first-order valence-corrected chi connectivity index (χ1v) is 5.34. The third-order valence-electron chi connectivity index (χ3n) is 2.38. The molecule has 2 aromatic rings. The van der Waals surface area contributed by atoms with Crippen LogP contribution in [0.2, 0.25) is 0 Å². The fraction of sp³-hybridized carbons (Fsp3) is 0.143.